The lowest BCUT2D eigenvalue weighted by atomic mass is 10.0. The Morgan fingerprint density at radius 3 is 2.71 bits per heavy atom. The summed E-state index contributed by atoms with van der Waals surface area (Å²) in [5, 5.41) is 3.77. The Kier molecular flexibility index (Phi) is 4.88. The van der Waals surface area contributed by atoms with Crippen LogP contribution in [0.25, 0.3) is 0 Å². The fourth-order valence-corrected chi connectivity index (χ4v) is 4.58. The number of carbonyl (C=O) groups excluding carboxylic acids is 1. The first-order valence-electron chi connectivity index (χ1n) is 9.88. The molecule has 0 bridgehead atoms. The summed E-state index contributed by atoms with van der Waals surface area (Å²) in [5.41, 5.74) is 0.805. The maximum absolute atomic E-state index is 12.9. The van der Waals surface area contributed by atoms with Crippen molar-refractivity contribution < 1.29 is 4.79 Å². The number of nitrogens with zero attached hydrogens (tertiary/aromatic N) is 3. The minimum absolute atomic E-state index is 0.185. The molecule has 3 aliphatic rings. The van der Waals surface area contributed by atoms with Gasteiger partial charge in [-0.2, -0.15) is 0 Å². The van der Waals surface area contributed by atoms with E-state index in [0.717, 1.165) is 69.3 Å². The lowest BCUT2D eigenvalue weighted by Crippen LogP contribution is -2.42. The van der Waals surface area contributed by atoms with Gasteiger partial charge in [-0.25, -0.2) is 4.98 Å². The third kappa shape index (κ3) is 3.37. The largest absolute Gasteiger partial charge is 0.337 e. The second-order valence-corrected chi connectivity index (χ2v) is 7.82. The summed E-state index contributed by atoms with van der Waals surface area (Å²) in [6.45, 7) is 3.85. The quantitative estimate of drug-likeness (QED) is 0.923. The molecule has 5 nitrogen and oxygen atoms in total. The van der Waals surface area contributed by atoms with Gasteiger partial charge in [-0.3, -0.25) is 4.79 Å². The number of likely N-dealkylation sites (tertiary alicyclic amines) is 1. The van der Waals surface area contributed by atoms with E-state index in [9.17, 15) is 4.79 Å². The van der Waals surface area contributed by atoms with E-state index < -0.39 is 0 Å². The molecule has 0 spiro atoms. The SMILES string of the molecule is O=C(c1cnc2n1CC(NCC1CCCC1)CC2)N1CCCCC1. The van der Waals surface area contributed by atoms with E-state index in [-0.39, 0.29) is 5.91 Å². The van der Waals surface area contributed by atoms with Crippen molar-refractivity contribution in [3.63, 3.8) is 0 Å². The van der Waals surface area contributed by atoms with E-state index in [1.54, 1.807) is 0 Å². The fraction of sp³-hybridized carbons (Fsp3) is 0.789. The monoisotopic (exact) mass is 330 g/mol. The molecule has 24 heavy (non-hydrogen) atoms. The van der Waals surface area contributed by atoms with Gasteiger partial charge >= 0.3 is 0 Å². The predicted molar refractivity (Wildman–Crippen MR) is 94.1 cm³/mol. The first kappa shape index (κ1) is 16.1. The number of nitrogens with one attached hydrogen (secondary N) is 1. The number of aromatic nitrogens is 2. The number of hydrogen-bond acceptors (Lipinski definition) is 3. The van der Waals surface area contributed by atoms with Crippen LogP contribution in [0.1, 0.15) is 67.7 Å². The van der Waals surface area contributed by atoms with Crippen molar-refractivity contribution >= 4 is 5.91 Å². The molecule has 0 radical (unpaired) electrons. The van der Waals surface area contributed by atoms with Crippen LogP contribution in [-0.4, -0.2) is 46.0 Å². The van der Waals surface area contributed by atoms with E-state index in [4.69, 9.17) is 0 Å². The second kappa shape index (κ2) is 7.26. The number of rotatable bonds is 4. The molecule has 1 N–H and O–H groups in total. The van der Waals surface area contributed by atoms with E-state index >= 15 is 0 Å². The third-order valence-electron chi connectivity index (χ3n) is 6.09. The zero-order valence-electron chi connectivity index (χ0n) is 14.7. The number of fused-ring (bicyclic) bond motifs is 1. The van der Waals surface area contributed by atoms with Crippen molar-refractivity contribution in [2.45, 2.75) is 70.4 Å². The molecule has 132 valence electrons. The Balaban J connectivity index is 1.40. The molecule has 2 aliphatic heterocycles. The lowest BCUT2D eigenvalue weighted by molar-refractivity contribution is 0.0711. The molecular weight excluding hydrogens is 300 g/mol. The third-order valence-corrected chi connectivity index (χ3v) is 6.09. The molecule has 1 aliphatic carbocycles. The van der Waals surface area contributed by atoms with E-state index in [1.807, 2.05) is 11.1 Å². The van der Waals surface area contributed by atoms with Crippen LogP contribution in [0.5, 0.6) is 0 Å². The summed E-state index contributed by atoms with van der Waals surface area (Å²) in [6, 6.07) is 0.486. The molecule has 4 rings (SSSR count). The van der Waals surface area contributed by atoms with Gasteiger partial charge in [0.05, 0.1) is 6.20 Å². The number of amides is 1. The first-order valence-corrected chi connectivity index (χ1v) is 9.88. The molecule has 1 unspecified atom stereocenters. The second-order valence-electron chi connectivity index (χ2n) is 7.82. The maximum atomic E-state index is 12.9. The van der Waals surface area contributed by atoms with Gasteiger partial charge in [0.1, 0.15) is 11.5 Å². The molecule has 1 aromatic heterocycles. The van der Waals surface area contributed by atoms with Crippen LogP contribution < -0.4 is 5.32 Å². The van der Waals surface area contributed by atoms with Crippen molar-refractivity contribution in [3.05, 3.63) is 17.7 Å². The van der Waals surface area contributed by atoms with Crippen LogP contribution in [0.3, 0.4) is 0 Å². The van der Waals surface area contributed by atoms with Gasteiger partial charge in [0.2, 0.25) is 0 Å². The Morgan fingerprint density at radius 2 is 1.92 bits per heavy atom. The minimum atomic E-state index is 0.185. The normalized spacial score (nSPS) is 25.0. The van der Waals surface area contributed by atoms with Gasteiger partial charge < -0.3 is 14.8 Å². The Hall–Kier alpha value is -1.36. The molecule has 2 fully saturated rings. The molecular formula is C19H30N4O. The molecule has 1 saturated heterocycles. The smallest absolute Gasteiger partial charge is 0.272 e. The van der Waals surface area contributed by atoms with Gasteiger partial charge in [-0.1, -0.05) is 12.8 Å². The minimum Gasteiger partial charge on any atom is -0.337 e. The number of piperidine rings is 1. The number of imidazole rings is 1. The standard InChI is InChI=1S/C19H30N4O/c24-19(22-10-4-1-5-11-22)17-13-21-18-9-8-16(14-23(17)18)20-12-15-6-2-3-7-15/h13,15-16,20H,1-12,14H2. The highest BCUT2D eigenvalue weighted by Crippen LogP contribution is 2.25. The summed E-state index contributed by atoms with van der Waals surface area (Å²) in [5.74, 6) is 2.14. The van der Waals surface area contributed by atoms with Gasteiger partial charge in [0, 0.05) is 32.1 Å². The highest BCUT2D eigenvalue weighted by molar-refractivity contribution is 5.92. The van der Waals surface area contributed by atoms with E-state index in [0.29, 0.717) is 6.04 Å². The molecule has 5 heteroatoms. The van der Waals surface area contributed by atoms with Crippen LogP contribution in [0.2, 0.25) is 0 Å². The van der Waals surface area contributed by atoms with Gasteiger partial charge in [-0.05, 0) is 51.0 Å². The van der Waals surface area contributed by atoms with Gasteiger partial charge in [0.25, 0.3) is 5.91 Å². The zero-order valence-corrected chi connectivity index (χ0v) is 14.7. The summed E-state index contributed by atoms with van der Waals surface area (Å²) in [6.07, 6.45) is 13.0. The van der Waals surface area contributed by atoms with Gasteiger partial charge in [0.15, 0.2) is 0 Å². The highest BCUT2D eigenvalue weighted by atomic mass is 16.2. The average Bonchev–Trinajstić information content (AvgIpc) is 3.29. The summed E-state index contributed by atoms with van der Waals surface area (Å²) < 4.78 is 2.19. The molecule has 1 amide bonds. The van der Waals surface area contributed by atoms with E-state index in [1.165, 1.54) is 32.1 Å². The van der Waals surface area contributed by atoms with Crippen molar-refractivity contribution in [1.29, 1.82) is 0 Å². The Bertz CT molecular complexity index is 570. The predicted octanol–water partition coefficient (Wildman–Crippen LogP) is 2.60. The zero-order chi connectivity index (χ0) is 16.4. The van der Waals surface area contributed by atoms with Crippen molar-refractivity contribution in [3.8, 4) is 0 Å². The molecule has 3 heterocycles. The molecule has 1 aromatic rings. The maximum Gasteiger partial charge on any atom is 0.272 e. The molecule has 0 aromatic carbocycles. The number of carbonyl (C=O) groups is 1. The molecule has 1 atom stereocenters. The van der Waals surface area contributed by atoms with Crippen molar-refractivity contribution in [1.82, 2.24) is 19.8 Å². The fourth-order valence-electron chi connectivity index (χ4n) is 4.58. The molecule has 1 saturated carbocycles. The van der Waals surface area contributed by atoms with Crippen LogP contribution in [0, 0.1) is 5.92 Å². The van der Waals surface area contributed by atoms with Crippen LogP contribution >= 0.6 is 0 Å². The number of aryl methyl sites for hydroxylation is 1. The van der Waals surface area contributed by atoms with Crippen LogP contribution in [0.4, 0.5) is 0 Å². The topological polar surface area (TPSA) is 50.2 Å². The Morgan fingerprint density at radius 1 is 1.12 bits per heavy atom. The van der Waals surface area contributed by atoms with Crippen molar-refractivity contribution in [2.24, 2.45) is 5.92 Å². The average molecular weight is 330 g/mol. The van der Waals surface area contributed by atoms with Crippen LogP contribution in [-0.2, 0) is 13.0 Å². The Labute approximate surface area is 144 Å². The lowest BCUT2D eigenvalue weighted by Gasteiger charge is -2.30. The van der Waals surface area contributed by atoms with Crippen LogP contribution in [0.15, 0.2) is 6.20 Å². The van der Waals surface area contributed by atoms with Crippen molar-refractivity contribution in [2.75, 3.05) is 19.6 Å². The highest BCUT2D eigenvalue weighted by Gasteiger charge is 2.27. The summed E-state index contributed by atoms with van der Waals surface area (Å²) >= 11 is 0. The van der Waals surface area contributed by atoms with Gasteiger partial charge in [-0.15, -0.1) is 0 Å². The first-order chi connectivity index (χ1) is 11.8. The summed E-state index contributed by atoms with van der Waals surface area (Å²) in [4.78, 5) is 19.4. The number of hydrogen-bond donors (Lipinski definition) is 1. The van der Waals surface area contributed by atoms with E-state index in [2.05, 4.69) is 14.9 Å². The summed E-state index contributed by atoms with van der Waals surface area (Å²) in [7, 11) is 0.